The van der Waals surface area contributed by atoms with E-state index in [1.165, 1.54) is 0 Å². The highest BCUT2D eigenvalue weighted by atomic mass is 79.9. The molecule has 0 saturated carbocycles. The first-order chi connectivity index (χ1) is 9.86. The van der Waals surface area contributed by atoms with E-state index in [1.54, 1.807) is 13.8 Å². The second kappa shape index (κ2) is 8.39. The first-order valence-electron chi connectivity index (χ1n) is 7.22. The minimum absolute atomic E-state index is 0.585. The fourth-order valence-electron chi connectivity index (χ4n) is 1.77. The highest BCUT2D eigenvalue weighted by Gasteiger charge is 2.26. The molecular formula is C16H24BrNO3. The summed E-state index contributed by atoms with van der Waals surface area (Å²) in [6, 6.07) is 5.94. The fraction of sp³-hybridized carbons (Fsp3) is 0.562. The lowest BCUT2D eigenvalue weighted by atomic mass is 9.90. The molecule has 0 radical (unpaired) electrons. The van der Waals surface area contributed by atoms with E-state index in [-0.39, 0.29) is 0 Å². The molecule has 2 N–H and O–H groups in total. The predicted octanol–water partition coefficient (Wildman–Crippen LogP) is 3.83. The van der Waals surface area contributed by atoms with Crippen LogP contribution in [0.15, 0.2) is 22.7 Å². The fourth-order valence-corrected chi connectivity index (χ4v) is 2.18. The number of benzene rings is 1. The van der Waals surface area contributed by atoms with Crippen LogP contribution in [0.3, 0.4) is 0 Å². The normalized spacial score (nSPS) is 11.4. The Morgan fingerprint density at radius 2 is 2.14 bits per heavy atom. The van der Waals surface area contributed by atoms with Crippen LogP contribution in [0.1, 0.15) is 39.2 Å². The Morgan fingerprint density at radius 3 is 2.76 bits per heavy atom. The highest BCUT2D eigenvalue weighted by molar-refractivity contribution is 9.10. The van der Waals surface area contributed by atoms with Crippen molar-refractivity contribution in [2.45, 2.75) is 40.2 Å². The van der Waals surface area contributed by atoms with Gasteiger partial charge in [-0.1, -0.05) is 22.9 Å². The second-order valence-electron chi connectivity index (χ2n) is 5.72. The Balaban J connectivity index is 2.54. The summed E-state index contributed by atoms with van der Waals surface area (Å²) in [6.07, 6.45) is 1.55. The summed E-state index contributed by atoms with van der Waals surface area (Å²) in [5, 5.41) is 12.4. The van der Waals surface area contributed by atoms with E-state index >= 15 is 0 Å². The molecule has 0 bridgehead atoms. The van der Waals surface area contributed by atoms with Crippen LogP contribution in [0.25, 0.3) is 0 Å². The van der Waals surface area contributed by atoms with Crippen LogP contribution in [0.5, 0.6) is 5.75 Å². The van der Waals surface area contributed by atoms with E-state index in [2.05, 4.69) is 28.2 Å². The first kappa shape index (κ1) is 18.0. The average Bonchev–Trinajstić information content (AvgIpc) is 2.42. The Hall–Kier alpha value is -1.07. The highest BCUT2D eigenvalue weighted by Crippen LogP contribution is 2.24. The number of carboxylic acid groups (broad SMARTS) is 1. The van der Waals surface area contributed by atoms with Crippen molar-refractivity contribution in [3.8, 4) is 5.75 Å². The third kappa shape index (κ3) is 6.06. The molecule has 118 valence electrons. The van der Waals surface area contributed by atoms with Crippen LogP contribution in [0, 0.1) is 5.41 Å². The predicted molar refractivity (Wildman–Crippen MR) is 87.7 cm³/mol. The first-order valence-corrected chi connectivity index (χ1v) is 8.01. The minimum atomic E-state index is -0.765. The Kier molecular flexibility index (Phi) is 7.18. The third-order valence-electron chi connectivity index (χ3n) is 3.31. The summed E-state index contributed by atoms with van der Waals surface area (Å²) in [4.78, 5) is 11.0. The number of hydrogen-bond acceptors (Lipinski definition) is 3. The maximum atomic E-state index is 11.0. The third-order valence-corrected chi connectivity index (χ3v) is 3.80. The van der Waals surface area contributed by atoms with Crippen LogP contribution in [-0.2, 0) is 11.3 Å². The summed E-state index contributed by atoms with van der Waals surface area (Å²) in [6.45, 7) is 7.57. The van der Waals surface area contributed by atoms with Crippen molar-refractivity contribution >= 4 is 21.9 Å². The van der Waals surface area contributed by atoms with Crippen LogP contribution in [0.4, 0.5) is 0 Å². The van der Waals surface area contributed by atoms with E-state index in [4.69, 9.17) is 9.84 Å². The van der Waals surface area contributed by atoms with Crippen molar-refractivity contribution in [2.24, 2.45) is 5.41 Å². The molecule has 0 atom stereocenters. The monoisotopic (exact) mass is 357 g/mol. The summed E-state index contributed by atoms with van der Waals surface area (Å²) < 4.78 is 6.73. The van der Waals surface area contributed by atoms with Gasteiger partial charge in [0.25, 0.3) is 0 Å². The van der Waals surface area contributed by atoms with Crippen molar-refractivity contribution in [1.82, 2.24) is 5.32 Å². The van der Waals surface area contributed by atoms with Gasteiger partial charge in [-0.25, -0.2) is 0 Å². The zero-order valence-electron chi connectivity index (χ0n) is 12.9. The molecule has 4 nitrogen and oxygen atoms in total. The van der Waals surface area contributed by atoms with Gasteiger partial charge in [-0.3, -0.25) is 4.79 Å². The molecule has 1 aromatic carbocycles. The lowest BCUT2D eigenvalue weighted by Crippen LogP contribution is -2.28. The van der Waals surface area contributed by atoms with E-state index in [0.717, 1.165) is 22.2 Å². The smallest absolute Gasteiger partial charge is 0.309 e. The van der Waals surface area contributed by atoms with Gasteiger partial charge in [0, 0.05) is 16.6 Å². The second-order valence-corrected chi connectivity index (χ2v) is 6.63. The summed E-state index contributed by atoms with van der Waals surface area (Å²) in [7, 11) is 0. The molecule has 5 heteroatoms. The largest absolute Gasteiger partial charge is 0.493 e. The maximum Gasteiger partial charge on any atom is 0.309 e. The van der Waals surface area contributed by atoms with E-state index < -0.39 is 11.4 Å². The molecule has 0 aliphatic heterocycles. The van der Waals surface area contributed by atoms with E-state index in [9.17, 15) is 4.79 Å². The zero-order valence-corrected chi connectivity index (χ0v) is 14.5. The van der Waals surface area contributed by atoms with E-state index in [0.29, 0.717) is 26.1 Å². The molecule has 0 fully saturated rings. The number of aliphatic carboxylic acids is 1. The van der Waals surface area contributed by atoms with Gasteiger partial charge in [-0.15, -0.1) is 0 Å². The number of carboxylic acids is 1. The summed E-state index contributed by atoms with van der Waals surface area (Å²) in [5.74, 6) is 0.115. The number of hydrogen-bond donors (Lipinski definition) is 2. The molecule has 0 spiro atoms. The van der Waals surface area contributed by atoms with Gasteiger partial charge in [0.1, 0.15) is 5.75 Å². The van der Waals surface area contributed by atoms with Crippen molar-refractivity contribution in [3.05, 3.63) is 28.2 Å². The molecule has 0 aromatic heterocycles. The quantitative estimate of drug-likeness (QED) is 0.659. The number of carbonyl (C=O) groups is 1. The van der Waals surface area contributed by atoms with E-state index in [1.807, 2.05) is 18.2 Å². The van der Waals surface area contributed by atoms with Gasteiger partial charge in [-0.2, -0.15) is 0 Å². The number of rotatable bonds is 9. The molecule has 21 heavy (non-hydrogen) atoms. The number of nitrogens with one attached hydrogen (secondary N) is 1. The van der Waals surface area contributed by atoms with Crippen molar-refractivity contribution in [1.29, 1.82) is 0 Å². The van der Waals surface area contributed by atoms with Crippen LogP contribution in [0.2, 0.25) is 0 Å². The van der Waals surface area contributed by atoms with Crippen molar-refractivity contribution in [2.75, 3.05) is 13.2 Å². The number of halogens is 1. The Morgan fingerprint density at radius 1 is 1.43 bits per heavy atom. The van der Waals surface area contributed by atoms with Crippen molar-refractivity contribution < 1.29 is 14.6 Å². The summed E-state index contributed by atoms with van der Waals surface area (Å²) in [5.41, 5.74) is 0.372. The van der Waals surface area contributed by atoms with Gasteiger partial charge in [-0.05, 0) is 51.4 Å². The topological polar surface area (TPSA) is 58.6 Å². The van der Waals surface area contributed by atoms with Gasteiger partial charge in [0.15, 0.2) is 0 Å². The SMILES string of the molecule is CCCOc1ccc(Br)cc1CNCCC(C)(C)C(=O)O. The molecule has 0 heterocycles. The average molecular weight is 358 g/mol. The van der Waals surface area contributed by atoms with Gasteiger partial charge >= 0.3 is 5.97 Å². The molecular weight excluding hydrogens is 334 g/mol. The standard InChI is InChI=1S/C16H24BrNO3/c1-4-9-21-14-6-5-13(17)10-12(14)11-18-8-7-16(2,3)15(19)20/h5-6,10,18H,4,7-9,11H2,1-3H3,(H,19,20). The number of ether oxygens (including phenoxy) is 1. The van der Waals surface area contributed by atoms with Crippen LogP contribution < -0.4 is 10.1 Å². The molecule has 0 amide bonds. The Labute approximate surface area is 135 Å². The molecule has 0 aliphatic carbocycles. The van der Waals surface area contributed by atoms with Gasteiger partial charge < -0.3 is 15.2 Å². The van der Waals surface area contributed by atoms with Gasteiger partial charge in [0.05, 0.1) is 12.0 Å². The molecule has 1 rings (SSSR count). The van der Waals surface area contributed by atoms with Crippen LogP contribution in [-0.4, -0.2) is 24.2 Å². The maximum absolute atomic E-state index is 11.0. The zero-order chi connectivity index (χ0) is 15.9. The molecule has 0 saturated heterocycles. The summed E-state index contributed by atoms with van der Waals surface area (Å²) >= 11 is 3.46. The lowest BCUT2D eigenvalue weighted by molar-refractivity contribution is -0.147. The van der Waals surface area contributed by atoms with Gasteiger partial charge in [0.2, 0.25) is 0 Å². The minimum Gasteiger partial charge on any atom is -0.493 e. The molecule has 0 aliphatic rings. The van der Waals surface area contributed by atoms with Crippen LogP contribution >= 0.6 is 15.9 Å². The molecule has 1 aromatic rings. The lowest BCUT2D eigenvalue weighted by Gasteiger charge is -2.19. The molecule has 0 unspecified atom stereocenters. The Bertz CT molecular complexity index is 475. The van der Waals surface area contributed by atoms with Crippen molar-refractivity contribution in [3.63, 3.8) is 0 Å².